The van der Waals surface area contributed by atoms with Gasteiger partial charge >= 0.3 is 6.16 Å². The van der Waals surface area contributed by atoms with Crippen LogP contribution in [-0.2, 0) is 0 Å². The van der Waals surface area contributed by atoms with Gasteiger partial charge in [0.1, 0.15) is 5.82 Å². The molecule has 2 N–H and O–H groups in total. The largest absolute Gasteiger partial charge is 0.503 e. The van der Waals surface area contributed by atoms with Crippen molar-refractivity contribution in [3.8, 4) is 5.69 Å². The molecule has 5 nitrogen and oxygen atoms in total. The average molecular weight is 250 g/mol. The summed E-state index contributed by atoms with van der Waals surface area (Å²) in [6.45, 7) is 2.12. The number of rotatable bonds is 1. The maximum atomic E-state index is 12.9. The van der Waals surface area contributed by atoms with Crippen LogP contribution >= 0.6 is 0 Å². The number of fused-ring (bicyclic) bond motifs is 1. The van der Waals surface area contributed by atoms with Crippen molar-refractivity contribution in [2.75, 3.05) is 0 Å². The van der Waals surface area contributed by atoms with Crippen LogP contribution < -0.4 is 0 Å². The molecule has 2 aromatic rings. The first-order valence-electron chi connectivity index (χ1n) is 5.26. The Bertz CT molecular complexity index is 569. The Balaban J connectivity index is 0.000000267. The van der Waals surface area contributed by atoms with Crippen LogP contribution in [-0.4, -0.2) is 26.1 Å². The van der Waals surface area contributed by atoms with E-state index in [1.54, 1.807) is 10.7 Å². The number of hydrogen-bond donors (Lipinski definition) is 2. The molecule has 0 spiro atoms. The molecular formula is C12H11FN2O3. The van der Waals surface area contributed by atoms with E-state index in [1.807, 2.05) is 12.3 Å². The third-order valence-electron chi connectivity index (χ3n) is 2.64. The minimum atomic E-state index is -1.83. The van der Waals surface area contributed by atoms with E-state index >= 15 is 0 Å². The van der Waals surface area contributed by atoms with Gasteiger partial charge in [-0.05, 0) is 18.2 Å². The average Bonchev–Trinajstić information content (AvgIpc) is 2.75. The molecule has 1 aliphatic carbocycles. The molecule has 1 aromatic carbocycles. The van der Waals surface area contributed by atoms with Gasteiger partial charge < -0.3 is 10.2 Å². The smallest absolute Gasteiger partial charge is 0.450 e. The number of hydrogen-bond acceptors (Lipinski definition) is 2. The number of carbonyl (C=O) groups is 1. The Morgan fingerprint density at radius 3 is 2.61 bits per heavy atom. The van der Waals surface area contributed by atoms with Gasteiger partial charge in [-0.25, -0.2) is 13.9 Å². The van der Waals surface area contributed by atoms with Crippen LogP contribution in [0.25, 0.3) is 5.69 Å². The molecule has 94 valence electrons. The fourth-order valence-electron chi connectivity index (χ4n) is 1.69. The van der Waals surface area contributed by atoms with Crippen molar-refractivity contribution in [2.45, 2.75) is 12.8 Å². The highest BCUT2D eigenvalue weighted by Crippen LogP contribution is 2.41. The van der Waals surface area contributed by atoms with Gasteiger partial charge in [0.05, 0.1) is 11.4 Å². The third-order valence-corrected chi connectivity index (χ3v) is 2.64. The van der Waals surface area contributed by atoms with E-state index in [0.29, 0.717) is 5.92 Å². The summed E-state index contributed by atoms with van der Waals surface area (Å²) in [6.07, 6.45) is 0.134. The second-order valence-corrected chi connectivity index (χ2v) is 3.90. The molecule has 0 fully saturated rings. The summed E-state index contributed by atoms with van der Waals surface area (Å²) in [5, 5.41) is 18.3. The Hall–Kier alpha value is -2.37. The number of carboxylic acid groups (broad SMARTS) is 2. The molecule has 0 amide bonds. The number of nitrogens with zero attached hydrogens (tertiary/aromatic N) is 2. The maximum Gasteiger partial charge on any atom is 0.503 e. The fraction of sp³-hybridized carbons (Fsp3) is 0.167. The minimum absolute atomic E-state index is 0.227. The first-order chi connectivity index (χ1) is 8.49. The van der Waals surface area contributed by atoms with Gasteiger partial charge in [0.15, 0.2) is 0 Å². The monoisotopic (exact) mass is 250 g/mol. The van der Waals surface area contributed by atoms with Gasteiger partial charge in [-0.15, -0.1) is 0 Å². The predicted octanol–water partition coefficient (Wildman–Crippen LogP) is 2.70. The van der Waals surface area contributed by atoms with Gasteiger partial charge in [-0.3, -0.25) is 0 Å². The third kappa shape index (κ3) is 2.48. The standard InChI is InChI=1S/C11H9FN2.CH2O3/c1-7-10-6-14(13-11(7)10)9-4-2-3-8(12)5-9;2-1(3)4/h2-7H,1H3;(H2,2,3,4). The van der Waals surface area contributed by atoms with Crippen LogP contribution in [0.3, 0.4) is 0 Å². The van der Waals surface area contributed by atoms with Crippen LogP contribution in [0.4, 0.5) is 9.18 Å². The molecule has 0 saturated heterocycles. The van der Waals surface area contributed by atoms with Crippen molar-refractivity contribution >= 4 is 6.16 Å². The Morgan fingerprint density at radius 2 is 2.11 bits per heavy atom. The lowest BCUT2D eigenvalue weighted by Gasteiger charge is -2.01. The Kier molecular flexibility index (Phi) is 3.01. The van der Waals surface area contributed by atoms with Crippen LogP contribution in [0.1, 0.15) is 24.1 Å². The van der Waals surface area contributed by atoms with Crippen LogP contribution in [0.2, 0.25) is 0 Å². The maximum absolute atomic E-state index is 12.9. The molecule has 1 heterocycles. The van der Waals surface area contributed by atoms with E-state index < -0.39 is 6.16 Å². The zero-order chi connectivity index (χ0) is 13.3. The highest BCUT2D eigenvalue weighted by molar-refractivity contribution is 5.53. The van der Waals surface area contributed by atoms with Crippen LogP contribution in [0, 0.1) is 5.82 Å². The van der Waals surface area contributed by atoms with Gasteiger partial charge in [0.25, 0.3) is 0 Å². The zero-order valence-corrected chi connectivity index (χ0v) is 9.54. The Labute approximate surface area is 102 Å². The summed E-state index contributed by atoms with van der Waals surface area (Å²) < 4.78 is 14.6. The highest BCUT2D eigenvalue weighted by atomic mass is 19.1. The summed E-state index contributed by atoms with van der Waals surface area (Å²) in [5.41, 5.74) is 3.19. The molecule has 3 rings (SSSR count). The highest BCUT2D eigenvalue weighted by Gasteiger charge is 2.32. The van der Waals surface area contributed by atoms with E-state index in [-0.39, 0.29) is 5.82 Å². The molecule has 0 radical (unpaired) electrons. The first kappa shape index (κ1) is 12.1. The van der Waals surface area contributed by atoms with E-state index in [9.17, 15) is 4.39 Å². The molecule has 0 saturated carbocycles. The SMILES string of the molecule is CC1c2cn(-c3cccc(F)c3)nc21.O=C(O)O. The number of halogens is 1. The van der Waals surface area contributed by atoms with Gasteiger partial charge in [0.2, 0.25) is 0 Å². The number of aromatic nitrogens is 2. The normalized spacial score (nSPS) is 15.3. The van der Waals surface area contributed by atoms with Crippen LogP contribution in [0.5, 0.6) is 0 Å². The summed E-state index contributed by atoms with van der Waals surface area (Å²) in [4.78, 5) is 8.56. The molecule has 0 bridgehead atoms. The molecule has 1 aromatic heterocycles. The van der Waals surface area contributed by atoms with E-state index in [2.05, 4.69) is 12.0 Å². The molecule has 18 heavy (non-hydrogen) atoms. The molecular weight excluding hydrogens is 239 g/mol. The summed E-state index contributed by atoms with van der Waals surface area (Å²) in [5.74, 6) is 0.287. The van der Waals surface area contributed by atoms with Crippen molar-refractivity contribution in [1.82, 2.24) is 9.78 Å². The lowest BCUT2D eigenvalue weighted by molar-refractivity contribution is 0.137. The van der Waals surface area contributed by atoms with Gasteiger partial charge in [-0.1, -0.05) is 13.0 Å². The summed E-state index contributed by atoms with van der Waals surface area (Å²) >= 11 is 0. The van der Waals surface area contributed by atoms with E-state index in [4.69, 9.17) is 15.0 Å². The molecule has 1 atom stereocenters. The van der Waals surface area contributed by atoms with Crippen molar-refractivity contribution < 1.29 is 19.4 Å². The zero-order valence-electron chi connectivity index (χ0n) is 9.54. The fourth-order valence-corrected chi connectivity index (χ4v) is 1.69. The molecule has 1 unspecified atom stereocenters. The molecule has 1 aliphatic rings. The lowest BCUT2D eigenvalue weighted by atomic mass is 10.3. The van der Waals surface area contributed by atoms with Crippen molar-refractivity contribution in [3.05, 3.63) is 47.5 Å². The van der Waals surface area contributed by atoms with Crippen molar-refractivity contribution in [1.29, 1.82) is 0 Å². The summed E-state index contributed by atoms with van der Waals surface area (Å²) in [6, 6.07) is 6.45. The van der Waals surface area contributed by atoms with Gasteiger partial charge in [0, 0.05) is 17.7 Å². The molecule has 0 aliphatic heterocycles. The van der Waals surface area contributed by atoms with Crippen molar-refractivity contribution in [3.63, 3.8) is 0 Å². The van der Waals surface area contributed by atoms with E-state index in [1.165, 1.54) is 17.7 Å². The van der Waals surface area contributed by atoms with Crippen molar-refractivity contribution in [2.24, 2.45) is 0 Å². The van der Waals surface area contributed by atoms with Gasteiger partial charge in [-0.2, -0.15) is 5.10 Å². The number of benzene rings is 1. The topological polar surface area (TPSA) is 75.4 Å². The molecule has 6 heteroatoms. The predicted molar refractivity (Wildman–Crippen MR) is 61.7 cm³/mol. The first-order valence-corrected chi connectivity index (χ1v) is 5.26. The summed E-state index contributed by atoms with van der Waals surface area (Å²) in [7, 11) is 0. The second kappa shape index (κ2) is 4.48. The second-order valence-electron chi connectivity index (χ2n) is 3.90. The van der Waals surface area contributed by atoms with Crippen LogP contribution in [0.15, 0.2) is 30.5 Å². The lowest BCUT2D eigenvalue weighted by Crippen LogP contribution is -1.97. The quantitative estimate of drug-likeness (QED) is 0.815. The Morgan fingerprint density at radius 1 is 1.44 bits per heavy atom. The van der Waals surface area contributed by atoms with E-state index in [0.717, 1.165) is 11.4 Å². The minimum Gasteiger partial charge on any atom is -0.450 e.